The van der Waals surface area contributed by atoms with E-state index in [1.165, 1.54) is 38.9 Å². The third-order valence-electron chi connectivity index (χ3n) is 13.8. The number of benzene rings is 10. The van der Waals surface area contributed by atoms with Gasteiger partial charge in [-0.3, -0.25) is 0 Å². The Kier molecular flexibility index (Phi) is 9.40. The molecule has 0 spiro atoms. The Labute approximate surface area is 395 Å². The van der Waals surface area contributed by atoms with Crippen molar-refractivity contribution in [2.45, 2.75) is 5.41 Å². The third-order valence-corrected chi connectivity index (χ3v) is 13.8. The number of rotatable bonds is 8. The van der Waals surface area contributed by atoms with Gasteiger partial charge in [0.25, 0.3) is 0 Å². The molecule has 0 aliphatic heterocycles. The molecule has 0 unspecified atom stereocenters. The van der Waals surface area contributed by atoms with Gasteiger partial charge < -0.3 is 4.42 Å². The fourth-order valence-corrected chi connectivity index (χ4v) is 10.7. The van der Waals surface area contributed by atoms with Crippen LogP contribution in [0.15, 0.2) is 259 Å². The maximum atomic E-state index is 6.14. The Bertz CT molecular complexity index is 3780. The van der Waals surface area contributed by atoms with Crippen molar-refractivity contribution in [3.05, 3.63) is 277 Å². The molecule has 2 aromatic heterocycles. The molecule has 0 amide bonds. The minimum Gasteiger partial charge on any atom is -0.456 e. The zero-order chi connectivity index (χ0) is 45.0. The Morgan fingerprint density at radius 1 is 0.294 bits per heavy atom. The lowest BCUT2D eigenvalue weighted by molar-refractivity contribution is 0.669. The molecule has 0 bridgehead atoms. The molecule has 1 aliphatic rings. The van der Waals surface area contributed by atoms with E-state index in [0.29, 0.717) is 5.82 Å². The highest BCUT2D eigenvalue weighted by Crippen LogP contribution is 2.58. The molecule has 2 heterocycles. The van der Waals surface area contributed by atoms with E-state index in [1.807, 2.05) is 30.3 Å². The zero-order valence-corrected chi connectivity index (χ0v) is 37.1. The van der Waals surface area contributed by atoms with Gasteiger partial charge >= 0.3 is 0 Å². The summed E-state index contributed by atoms with van der Waals surface area (Å²) in [5, 5.41) is 2.24. The molecule has 0 saturated heterocycles. The lowest BCUT2D eigenvalue weighted by Crippen LogP contribution is -2.28. The minimum absolute atomic E-state index is 0.508. The van der Waals surface area contributed by atoms with E-state index in [9.17, 15) is 0 Å². The van der Waals surface area contributed by atoms with Gasteiger partial charge in [-0.15, -0.1) is 0 Å². The van der Waals surface area contributed by atoms with Crippen molar-refractivity contribution < 1.29 is 4.42 Å². The minimum atomic E-state index is -0.508. The van der Waals surface area contributed by atoms with Gasteiger partial charge in [0.15, 0.2) is 5.82 Å². The number of hydrogen-bond acceptors (Lipinski definition) is 3. The average molecular weight is 867 g/mol. The van der Waals surface area contributed by atoms with E-state index in [4.69, 9.17) is 14.4 Å². The van der Waals surface area contributed by atoms with Crippen molar-refractivity contribution in [1.82, 2.24) is 9.97 Å². The van der Waals surface area contributed by atoms with E-state index in [1.54, 1.807) is 0 Å². The maximum Gasteiger partial charge on any atom is 0.160 e. The third kappa shape index (κ3) is 6.51. The molecule has 0 fully saturated rings. The van der Waals surface area contributed by atoms with Crippen molar-refractivity contribution in [3.63, 3.8) is 0 Å². The molecule has 68 heavy (non-hydrogen) atoms. The predicted octanol–water partition coefficient (Wildman–Crippen LogP) is 16.7. The summed E-state index contributed by atoms with van der Waals surface area (Å²) in [6.45, 7) is 0. The fourth-order valence-electron chi connectivity index (χ4n) is 10.7. The fraction of sp³-hybridized carbons (Fsp3) is 0.0154. The van der Waals surface area contributed by atoms with E-state index in [0.717, 1.165) is 77.8 Å². The van der Waals surface area contributed by atoms with Gasteiger partial charge in [-0.25, -0.2) is 9.97 Å². The largest absolute Gasteiger partial charge is 0.456 e. The summed E-state index contributed by atoms with van der Waals surface area (Å²) in [4.78, 5) is 10.6. The van der Waals surface area contributed by atoms with Crippen LogP contribution in [0.4, 0.5) is 0 Å². The van der Waals surface area contributed by atoms with E-state index >= 15 is 0 Å². The van der Waals surface area contributed by atoms with Crippen LogP contribution in [0, 0.1) is 0 Å². The highest BCUT2D eigenvalue weighted by Gasteiger charge is 2.46. The van der Waals surface area contributed by atoms with Gasteiger partial charge in [-0.05, 0) is 109 Å². The zero-order valence-electron chi connectivity index (χ0n) is 37.1. The Morgan fingerprint density at radius 2 is 0.809 bits per heavy atom. The van der Waals surface area contributed by atoms with Gasteiger partial charge in [0.2, 0.25) is 0 Å². The van der Waals surface area contributed by atoms with Crippen molar-refractivity contribution in [1.29, 1.82) is 0 Å². The number of hydrogen-bond donors (Lipinski definition) is 0. The second-order valence-electron chi connectivity index (χ2n) is 17.6. The summed E-state index contributed by atoms with van der Waals surface area (Å²) in [5.41, 5.74) is 20.3. The number of furan rings is 1. The first-order valence-electron chi connectivity index (χ1n) is 23.2. The first kappa shape index (κ1) is 39.4. The van der Waals surface area contributed by atoms with Crippen LogP contribution in [-0.2, 0) is 5.41 Å². The van der Waals surface area contributed by atoms with Crippen LogP contribution in [0.3, 0.4) is 0 Å². The van der Waals surface area contributed by atoms with Crippen LogP contribution in [0.1, 0.15) is 22.3 Å². The first-order valence-corrected chi connectivity index (χ1v) is 23.2. The molecule has 1 aliphatic carbocycles. The average Bonchev–Trinajstić information content (AvgIpc) is 3.95. The molecule has 0 saturated carbocycles. The van der Waals surface area contributed by atoms with Crippen LogP contribution in [-0.4, -0.2) is 9.97 Å². The highest BCUT2D eigenvalue weighted by molar-refractivity contribution is 6.06. The van der Waals surface area contributed by atoms with Crippen molar-refractivity contribution in [2.75, 3.05) is 0 Å². The molecular weight excluding hydrogens is 825 g/mol. The molecule has 10 aromatic carbocycles. The number of aromatic nitrogens is 2. The summed E-state index contributed by atoms with van der Waals surface area (Å²) in [6.07, 6.45) is 0. The Balaban J connectivity index is 0.990. The summed E-state index contributed by atoms with van der Waals surface area (Å²) < 4.78 is 6.14. The topological polar surface area (TPSA) is 38.9 Å². The van der Waals surface area contributed by atoms with Crippen LogP contribution in [0.5, 0.6) is 0 Å². The van der Waals surface area contributed by atoms with Crippen molar-refractivity contribution in [3.8, 4) is 78.4 Å². The van der Waals surface area contributed by atoms with Crippen LogP contribution >= 0.6 is 0 Å². The lowest BCUT2D eigenvalue weighted by Gasteiger charge is -2.34. The Morgan fingerprint density at radius 3 is 1.54 bits per heavy atom. The summed E-state index contributed by atoms with van der Waals surface area (Å²) in [7, 11) is 0. The van der Waals surface area contributed by atoms with Gasteiger partial charge in [0.1, 0.15) is 11.2 Å². The highest BCUT2D eigenvalue weighted by atomic mass is 16.3. The number of fused-ring (bicyclic) bond motifs is 6. The molecule has 12 aromatic rings. The van der Waals surface area contributed by atoms with E-state index < -0.39 is 5.41 Å². The van der Waals surface area contributed by atoms with Gasteiger partial charge in [0, 0.05) is 27.5 Å². The van der Waals surface area contributed by atoms with E-state index in [-0.39, 0.29) is 0 Å². The second kappa shape index (κ2) is 16.2. The molecule has 318 valence electrons. The van der Waals surface area contributed by atoms with Crippen LogP contribution in [0.25, 0.3) is 100 Å². The molecule has 13 rings (SSSR count). The van der Waals surface area contributed by atoms with E-state index in [2.05, 4.69) is 224 Å². The smallest absolute Gasteiger partial charge is 0.160 e. The van der Waals surface area contributed by atoms with Crippen LogP contribution in [0.2, 0.25) is 0 Å². The monoisotopic (exact) mass is 866 g/mol. The standard InChI is InChI=1S/C65H42N2O/c1-5-18-43(19-6-1)48-38-49(53-28-17-30-58-63(53)55-27-13-15-29-57(55)65(58,51-22-9-3-10-23-51)52-24-11-4-12-25-52)40-50(39-48)60-42-59(66-64(67-60)46-20-7-2-8-21-46)45-34-32-44(33-35-45)47-36-37-62-56(41-47)54-26-14-16-31-61(54)68-62/h1-42H. The van der Waals surface area contributed by atoms with Gasteiger partial charge in [-0.1, -0.05) is 212 Å². The summed E-state index contributed by atoms with van der Waals surface area (Å²) in [5.74, 6) is 0.677. The van der Waals surface area contributed by atoms with Gasteiger partial charge in [0.05, 0.1) is 16.8 Å². The number of para-hydroxylation sites is 1. The molecule has 0 radical (unpaired) electrons. The molecular formula is C65H42N2O. The number of nitrogens with zero attached hydrogens (tertiary/aromatic N) is 2. The summed E-state index contributed by atoms with van der Waals surface area (Å²) in [6, 6.07) is 91.4. The molecule has 0 atom stereocenters. The lowest BCUT2D eigenvalue weighted by atomic mass is 9.67. The first-order chi connectivity index (χ1) is 33.7. The summed E-state index contributed by atoms with van der Waals surface area (Å²) >= 11 is 0. The molecule has 3 heteroatoms. The maximum absolute atomic E-state index is 6.14. The normalized spacial score (nSPS) is 12.5. The molecule has 0 N–H and O–H groups in total. The predicted molar refractivity (Wildman–Crippen MR) is 279 cm³/mol. The quantitative estimate of drug-likeness (QED) is 0.153. The van der Waals surface area contributed by atoms with Crippen LogP contribution < -0.4 is 0 Å². The van der Waals surface area contributed by atoms with Gasteiger partial charge in [-0.2, -0.15) is 0 Å². The SMILES string of the molecule is c1ccc(-c2cc(-c3cc(-c4ccc(-c5ccc6oc7ccccc7c6c5)cc4)nc(-c4ccccc4)n3)cc(-c3cccc4c3-c3ccccc3C4(c3ccccc3)c3ccccc3)c2)cc1. The second-order valence-corrected chi connectivity index (χ2v) is 17.6. The Hall–Kier alpha value is -8.92. The van der Waals surface area contributed by atoms with Crippen molar-refractivity contribution in [2.24, 2.45) is 0 Å². The molecule has 3 nitrogen and oxygen atoms in total. The van der Waals surface area contributed by atoms with Crippen molar-refractivity contribution >= 4 is 21.9 Å².